The molecule has 0 heterocycles. The topological polar surface area (TPSA) is 74.8 Å². The van der Waals surface area contributed by atoms with Crippen LogP contribution in [0, 0.1) is 11.3 Å². The van der Waals surface area contributed by atoms with E-state index in [-0.39, 0.29) is 5.91 Å². The fourth-order valence-electron chi connectivity index (χ4n) is 1.73. The zero-order valence-electron chi connectivity index (χ0n) is 15.1. The number of hydrogen-bond acceptors (Lipinski definition) is 3. The standard InChI is InChI=1S/C16H34N4O2/c1-7-18-15(19-9-8-10-22-11-13(2)3)20-12-16(4,5)14(21)17-6/h13H,7-12H2,1-6H3,(H,17,21)(H2,18,19,20). The number of aliphatic imine (C=N–C) groups is 1. The van der Waals surface area contributed by atoms with E-state index in [1.165, 1.54) is 0 Å². The van der Waals surface area contributed by atoms with Crippen LogP contribution in [0.1, 0.15) is 41.0 Å². The van der Waals surface area contributed by atoms with E-state index < -0.39 is 5.41 Å². The minimum Gasteiger partial charge on any atom is -0.381 e. The maximum absolute atomic E-state index is 11.8. The molecule has 6 heteroatoms. The average Bonchev–Trinajstić information content (AvgIpc) is 2.46. The molecule has 0 saturated carbocycles. The maximum atomic E-state index is 11.8. The molecule has 0 aliphatic heterocycles. The number of rotatable bonds is 10. The summed E-state index contributed by atoms with van der Waals surface area (Å²) in [6, 6.07) is 0. The summed E-state index contributed by atoms with van der Waals surface area (Å²) in [6.07, 6.45) is 0.927. The van der Waals surface area contributed by atoms with Gasteiger partial charge in [0.25, 0.3) is 0 Å². The molecule has 0 aromatic heterocycles. The van der Waals surface area contributed by atoms with Crippen LogP contribution < -0.4 is 16.0 Å². The molecule has 0 aromatic rings. The van der Waals surface area contributed by atoms with E-state index in [9.17, 15) is 4.79 Å². The minimum atomic E-state index is -0.516. The van der Waals surface area contributed by atoms with Crippen LogP contribution in [0.3, 0.4) is 0 Å². The zero-order chi connectivity index (χ0) is 17.0. The van der Waals surface area contributed by atoms with E-state index in [0.717, 1.165) is 38.7 Å². The van der Waals surface area contributed by atoms with E-state index in [0.29, 0.717) is 12.5 Å². The van der Waals surface area contributed by atoms with Gasteiger partial charge in [-0.1, -0.05) is 13.8 Å². The van der Waals surface area contributed by atoms with Gasteiger partial charge in [-0.2, -0.15) is 0 Å². The Bertz CT molecular complexity index is 341. The molecule has 6 nitrogen and oxygen atoms in total. The third-order valence-electron chi connectivity index (χ3n) is 3.03. The maximum Gasteiger partial charge on any atom is 0.227 e. The Balaban J connectivity index is 4.19. The van der Waals surface area contributed by atoms with Gasteiger partial charge in [0, 0.05) is 33.4 Å². The Morgan fingerprint density at radius 3 is 2.50 bits per heavy atom. The number of guanidine groups is 1. The van der Waals surface area contributed by atoms with Crippen LogP contribution in [-0.4, -0.2) is 51.8 Å². The third-order valence-corrected chi connectivity index (χ3v) is 3.03. The molecule has 0 aromatic carbocycles. The molecule has 130 valence electrons. The van der Waals surface area contributed by atoms with Gasteiger partial charge in [-0.15, -0.1) is 0 Å². The van der Waals surface area contributed by atoms with E-state index in [1.807, 2.05) is 20.8 Å². The zero-order valence-corrected chi connectivity index (χ0v) is 15.1. The van der Waals surface area contributed by atoms with Crippen molar-refractivity contribution in [1.29, 1.82) is 0 Å². The lowest BCUT2D eigenvalue weighted by atomic mass is 9.93. The summed E-state index contributed by atoms with van der Waals surface area (Å²) in [5, 5.41) is 9.12. The lowest BCUT2D eigenvalue weighted by Gasteiger charge is -2.21. The predicted molar refractivity (Wildman–Crippen MR) is 92.1 cm³/mol. The fraction of sp³-hybridized carbons (Fsp3) is 0.875. The molecular weight excluding hydrogens is 280 g/mol. The predicted octanol–water partition coefficient (Wildman–Crippen LogP) is 1.38. The second kappa shape index (κ2) is 11.3. The molecule has 0 saturated heterocycles. The van der Waals surface area contributed by atoms with Crippen LogP contribution >= 0.6 is 0 Å². The van der Waals surface area contributed by atoms with Crippen molar-refractivity contribution < 1.29 is 9.53 Å². The van der Waals surface area contributed by atoms with Crippen molar-refractivity contribution in [3.8, 4) is 0 Å². The van der Waals surface area contributed by atoms with Crippen LogP contribution in [0.25, 0.3) is 0 Å². The highest BCUT2D eigenvalue weighted by molar-refractivity contribution is 5.83. The monoisotopic (exact) mass is 314 g/mol. The van der Waals surface area contributed by atoms with Crippen molar-refractivity contribution >= 4 is 11.9 Å². The number of nitrogens with one attached hydrogen (secondary N) is 3. The summed E-state index contributed by atoms with van der Waals surface area (Å²) in [6.45, 7) is 13.6. The van der Waals surface area contributed by atoms with Gasteiger partial charge >= 0.3 is 0 Å². The van der Waals surface area contributed by atoms with E-state index >= 15 is 0 Å². The molecular formula is C16H34N4O2. The molecule has 0 rings (SSSR count). The summed E-state index contributed by atoms with van der Waals surface area (Å²) in [5.41, 5.74) is -0.516. The van der Waals surface area contributed by atoms with Crippen LogP contribution in [0.4, 0.5) is 0 Å². The molecule has 0 bridgehead atoms. The summed E-state index contributed by atoms with van der Waals surface area (Å²) >= 11 is 0. The van der Waals surface area contributed by atoms with Crippen molar-refractivity contribution in [1.82, 2.24) is 16.0 Å². The van der Waals surface area contributed by atoms with Crippen molar-refractivity contribution in [2.24, 2.45) is 16.3 Å². The Morgan fingerprint density at radius 1 is 1.27 bits per heavy atom. The molecule has 3 N–H and O–H groups in total. The number of ether oxygens (including phenoxy) is 1. The first kappa shape index (κ1) is 20.7. The SMILES string of the molecule is CCNC(=NCC(C)(C)C(=O)NC)NCCCOCC(C)C. The van der Waals surface area contributed by atoms with E-state index in [1.54, 1.807) is 7.05 Å². The lowest BCUT2D eigenvalue weighted by Crippen LogP contribution is -2.41. The quantitative estimate of drug-likeness (QED) is 0.323. The number of amides is 1. The van der Waals surface area contributed by atoms with Gasteiger partial charge in [0.2, 0.25) is 5.91 Å². The molecule has 0 aliphatic carbocycles. The van der Waals surface area contributed by atoms with Crippen molar-refractivity contribution in [2.45, 2.75) is 41.0 Å². The second-order valence-electron chi connectivity index (χ2n) is 6.41. The van der Waals surface area contributed by atoms with Crippen molar-refractivity contribution in [3.05, 3.63) is 0 Å². The van der Waals surface area contributed by atoms with Gasteiger partial charge in [-0.05, 0) is 33.1 Å². The van der Waals surface area contributed by atoms with Gasteiger partial charge in [-0.3, -0.25) is 9.79 Å². The normalized spacial score (nSPS) is 12.4. The number of carbonyl (C=O) groups is 1. The van der Waals surface area contributed by atoms with E-state index in [4.69, 9.17) is 4.74 Å². The smallest absolute Gasteiger partial charge is 0.227 e. The summed E-state index contributed by atoms with van der Waals surface area (Å²) in [7, 11) is 1.65. The second-order valence-corrected chi connectivity index (χ2v) is 6.41. The highest BCUT2D eigenvalue weighted by Crippen LogP contribution is 2.15. The first-order chi connectivity index (χ1) is 10.3. The molecule has 0 atom stereocenters. The highest BCUT2D eigenvalue weighted by Gasteiger charge is 2.26. The molecule has 22 heavy (non-hydrogen) atoms. The fourth-order valence-corrected chi connectivity index (χ4v) is 1.73. The molecule has 0 unspecified atom stereocenters. The van der Waals surface area contributed by atoms with Crippen LogP contribution in [0.5, 0.6) is 0 Å². The molecule has 0 spiro atoms. The minimum absolute atomic E-state index is 0.00539. The Labute approximate surface area is 135 Å². The lowest BCUT2D eigenvalue weighted by molar-refractivity contribution is -0.128. The highest BCUT2D eigenvalue weighted by atomic mass is 16.5. The third kappa shape index (κ3) is 9.60. The van der Waals surface area contributed by atoms with Crippen LogP contribution in [0.2, 0.25) is 0 Å². The van der Waals surface area contributed by atoms with Crippen LogP contribution in [0.15, 0.2) is 4.99 Å². The number of carbonyl (C=O) groups excluding carboxylic acids is 1. The first-order valence-corrected chi connectivity index (χ1v) is 8.15. The van der Waals surface area contributed by atoms with Gasteiger partial charge in [0.1, 0.15) is 0 Å². The van der Waals surface area contributed by atoms with Crippen LogP contribution in [-0.2, 0) is 9.53 Å². The number of nitrogens with zero attached hydrogens (tertiary/aromatic N) is 1. The summed E-state index contributed by atoms with van der Waals surface area (Å²) < 4.78 is 5.54. The van der Waals surface area contributed by atoms with Crippen molar-refractivity contribution in [3.63, 3.8) is 0 Å². The Morgan fingerprint density at radius 2 is 1.95 bits per heavy atom. The molecule has 0 radical (unpaired) electrons. The summed E-state index contributed by atoms with van der Waals surface area (Å²) in [5.74, 6) is 1.30. The van der Waals surface area contributed by atoms with Gasteiger partial charge < -0.3 is 20.7 Å². The average molecular weight is 314 g/mol. The first-order valence-electron chi connectivity index (χ1n) is 8.15. The molecule has 1 amide bonds. The molecule has 0 fully saturated rings. The Kier molecular flexibility index (Phi) is 10.6. The van der Waals surface area contributed by atoms with Crippen molar-refractivity contribution in [2.75, 3.05) is 39.9 Å². The summed E-state index contributed by atoms with van der Waals surface area (Å²) in [4.78, 5) is 16.2. The van der Waals surface area contributed by atoms with Gasteiger partial charge in [0.05, 0.1) is 12.0 Å². The van der Waals surface area contributed by atoms with Gasteiger partial charge in [0.15, 0.2) is 5.96 Å². The molecule has 0 aliphatic rings. The number of hydrogen-bond donors (Lipinski definition) is 3. The van der Waals surface area contributed by atoms with E-state index in [2.05, 4.69) is 34.8 Å². The largest absolute Gasteiger partial charge is 0.381 e. The van der Waals surface area contributed by atoms with Gasteiger partial charge in [-0.25, -0.2) is 0 Å². The Hall–Kier alpha value is -1.30.